The number of nitrogens with two attached hydrogens (primary N) is 4. The van der Waals surface area contributed by atoms with Crippen molar-refractivity contribution in [3.05, 3.63) is 59.7 Å². The van der Waals surface area contributed by atoms with Gasteiger partial charge >= 0.3 is 0 Å². The summed E-state index contributed by atoms with van der Waals surface area (Å²) in [6.45, 7) is 0.829. The molecule has 0 amide bonds. The minimum absolute atomic E-state index is 0. The van der Waals surface area contributed by atoms with Crippen LogP contribution in [0.2, 0.25) is 0 Å². The Bertz CT molecular complexity index is 655. The summed E-state index contributed by atoms with van der Waals surface area (Å²) >= 11 is 0. The molecule has 0 bridgehead atoms. The van der Waals surface area contributed by atoms with E-state index in [2.05, 4.69) is 22.1 Å². The highest BCUT2D eigenvalue weighted by Gasteiger charge is 2.03. The average Bonchev–Trinajstić information content (AvgIpc) is 2.51. The first-order chi connectivity index (χ1) is 10.5. The predicted octanol–water partition coefficient (Wildman–Crippen LogP) is 1.74. The van der Waals surface area contributed by atoms with Crippen molar-refractivity contribution in [2.75, 3.05) is 0 Å². The Morgan fingerprint density at radius 1 is 0.667 bits per heavy atom. The lowest BCUT2D eigenvalue weighted by atomic mass is 10.00. The van der Waals surface area contributed by atoms with Crippen molar-refractivity contribution >= 4 is 36.7 Å². The highest BCUT2D eigenvalue weighted by molar-refractivity contribution is 5.85. The van der Waals surface area contributed by atoms with Gasteiger partial charge in [-0.25, -0.2) is 9.98 Å². The molecule has 0 saturated heterocycles. The number of benzene rings is 2. The number of guanidine groups is 2. The first-order valence-corrected chi connectivity index (χ1v) is 6.83. The van der Waals surface area contributed by atoms with Gasteiger partial charge in [0.05, 0.1) is 13.1 Å². The zero-order chi connectivity index (χ0) is 15.9. The van der Waals surface area contributed by atoms with Gasteiger partial charge in [0.1, 0.15) is 0 Å². The molecule has 0 saturated carbocycles. The Labute approximate surface area is 153 Å². The third kappa shape index (κ3) is 6.76. The molecule has 2 aromatic carbocycles. The Balaban J connectivity index is 0.00000264. The van der Waals surface area contributed by atoms with E-state index in [1.165, 1.54) is 0 Å². The number of nitrogens with zero attached hydrogens (tertiary/aromatic N) is 2. The molecule has 0 aliphatic heterocycles. The molecule has 6 nitrogen and oxygen atoms in total. The standard InChI is InChI=1S/C16H20N6.2ClH/c17-15(18)21-9-11-6-12(10-22-16(19)20)8-14(7-11)13-4-2-1-3-5-13;;/h1-8H,9-10H2,(H4,17,18,21)(H4,19,20,22);2*1H. The minimum Gasteiger partial charge on any atom is -0.370 e. The fraction of sp³-hybridized carbons (Fsp3) is 0.125. The number of hydrogen-bond acceptors (Lipinski definition) is 2. The summed E-state index contributed by atoms with van der Waals surface area (Å²) in [4.78, 5) is 8.11. The van der Waals surface area contributed by atoms with Crippen LogP contribution in [0.25, 0.3) is 11.1 Å². The molecule has 0 aliphatic rings. The third-order valence-electron chi connectivity index (χ3n) is 3.05. The summed E-state index contributed by atoms with van der Waals surface area (Å²) in [6.07, 6.45) is 0. The molecule has 24 heavy (non-hydrogen) atoms. The smallest absolute Gasteiger partial charge is 0.186 e. The van der Waals surface area contributed by atoms with E-state index in [0.29, 0.717) is 13.1 Å². The molecular formula is C16H22Cl2N6. The van der Waals surface area contributed by atoms with E-state index in [0.717, 1.165) is 22.3 Å². The summed E-state index contributed by atoms with van der Waals surface area (Å²) in [7, 11) is 0. The van der Waals surface area contributed by atoms with E-state index >= 15 is 0 Å². The van der Waals surface area contributed by atoms with Crippen LogP contribution in [-0.4, -0.2) is 11.9 Å². The van der Waals surface area contributed by atoms with Crippen molar-refractivity contribution < 1.29 is 0 Å². The van der Waals surface area contributed by atoms with E-state index in [1.807, 2.05) is 36.4 Å². The number of aliphatic imine (C=N–C) groups is 2. The summed E-state index contributed by atoms with van der Waals surface area (Å²) in [5, 5.41) is 0. The van der Waals surface area contributed by atoms with E-state index < -0.39 is 0 Å². The first-order valence-electron chi connectivity index (χ1n) is 6.83. The topological polar surface area (TPSA) is 129 Å². The second-order valence-electron chi connectivity index (χ2n) is 4.89. The molecule has 8 N–H and O–H groups in total. The predicted molar refractivity (Wildman–Crippen MR) is 105 cm³/mol. The van der Waals surface area contributed by atoms with Crippen molar-refractivity contribution in [3.8, 4) is 11.1 Å². The van der Waals surface area contributed by atoms with Crippen LogP contribution in [0.5, 0.6) is 0 Å². The van der Waals surface area contributed by atoms with Crippen LogP contribution >= 0.6 is 24.8 Å². The summed E-state index contributed by atoms with van der Waals surface area (Å²) in [5.41, 5.74) is 25.8. The third-order valence-corrected chi connectivity index (χ3v) is 3.05. The molecule has 8 heteroatoms. The van der Waals surface area contributed by atoms with Crippen LogP contribution in [0.3, 0.4) is 0 Å². The molecule has 0 aliphatic carbocycles. The van der Waals surface area contributed by atoms with Gasteiger partial charge in [-0.2, -0.15) is 0 Å². The second-order valence-corrected chi connectivity index (χ2v) is 4.89. The molecular weight excluding hydrogens is 347 g/mol. The SMILES string of the molecule is Cl.Cl.NC(N)=NCc1cc(CN=C(N)N)cc(-c2ccccc2)c1. The molecule has 0 unspecified atom stereocenters. The van der Waals surface area contributed by atoms with Crippen LogP contribution < -0.4 is 22.9 Å². The summed E-state index contributed by atoms with van der Waals surface area (Å²) in [5.74, 6) is 0.131. The maximum Gasteiger partial charge on any atom is 0.186 e. The van der Waals surface area contributed by atoms with Crippen molar-refractivity contribution in [2.24, 2.45) is 32.9 Å². The van der Waals surface area contributed by atoms with Gasteiger partial charge in [-0.3, -0.25) is 0 Å². The molecule has 0 radical (unpaired) electrons. The first kappa shape index (κ1) is 21.6. The van der Waals surface area contributed by atoms with Gasteiger partial charge in [0, 0.05) is 0 Å². The molecule has 0 spiro atoms. The van der Waals surface area contributed by atoms with Crippen molar-refractivity contribution in [1.29, 1.82) is 0 Å². The van der Waals surface area contributed by atoms with Gasteiger partial charge in [0.2, 0.25) is 0 Å². The van der Waals surface area contributed by atoms with E-state index in [-0.39, 0.29) is 36.7 Å². The zero-order valence-electron chi connectivity index (χ0n) is 13.1. The van der Waals surface area contributed by atoms with Gasteiger partial charge in [-0.1, -0.05) is 36.4 Å². The van der Waals surface area contributed by atoms with Gasteiger partial charge in [-0.15, -0.1) is 24.8 Å². The number of hydrogen-bond donors (Lipinski definition) is 4. The van der Waals surface area contributed by atoms with Crippen LogP contribution in [0, 0.1) is 0 Å². The largest absolute Gasteiger partial charge is 0.370 e. The van der Waals surface area contributed by atoms with Crippen LogP contribution in [0.4, 0.5) is 0 Å². The molecule has 0 heterocycles. The molecule has 2 aromatic rings. The fourth-order valence-corrected chi connectivity index (χ4v) is 2.11. The maximum absolute atomic E-state index is 5.40. The van der Waals surface area contributed by atoms with Crippen molar-refractivity contribution in [1.82, 2.24) is 0 Å². The van der Waals surface area contributed by atoms with E-state index in [1.54, 1.807) is 0 Å². The highest BCUT2D eigenvalue weighted by atomic mass is 35.5. The minimum atomic E-state index is 0. The average molecular weight is 369 g/mol. The molecule has 0 aromatic heterocycles. The molecule has 2 rings (SSSR count). The van der Waals surface area contributed by atoms with Crippen LogP contribution in [-0.2, 0) is 13.1 Å². The zero-order valence-corrected chi connectivity index (χ0v) is 14.7. The fourth-order valence-electron chi connectivity index (χ4n) is 2.11. The lowest BCUT2D eigenvalue weighted by molar-refractivity contribution is 1.01. The lowest BCUT2D eigenvalue weighted by Gasteiger charge is -2.08. The molecule has 0 atom stereocenters. The Morgan fingerprint density at radius 3 is 1.54 bits per heavy atom. The van der Waals surface area contributed by atoms with Crippen LogP contribution in [0.1, 0.15) is 11.1 Å². The quantitative estimate of drug-likeness (QED) is 0.473. The van der Waals surface area contributed by atoms with Gasteiger partial charge in [0.25, 0.3) is 0 Å². The van der Waals surface area contributed by atoms with E-state index in [4.69, 9.17) is 22.9 Å². The monoisotopic (exact) mass is 368 g/mol. The number of halogens is 2. The van der Waals surface area contributed by atoms with Crippen LogP contribution in [0.15, 0.2) is 58.5 Å². The van der Waals surface area contributed by atoms with Gasteiger partial charge in [-0.05, 0) is 34.4 Å². The highest BCUT2D eigenvalue weighted by Crippen LogP contribution is 2.23. The Kier molecular flexibility index (Phi) is 9.30. The maximum atomic E-state index is 5.40. The van der Waals surface area contributed by atoms with Crippen molar-refractivity contribution in [2.45, 2.75) is 13.1 Å². The van der Waals surface area contributed by atoms with Crippen molar-refractivity contribution in [3.63, 3.8) is 0 Å². The Morgan fingerprint density at radius 2 is 1.12 bits per heavy atom. The molecule has 130 valence electrons. The summed E-state index contributed by atoms with van der Waals surface area (Å²) in [6, 6.07) is 16.2. The number of rotatable bonds is 5. The van der Waals surface area contributed by atoms with Gasteiger partial charge in [0.15, 0.2) is 11.9 Å². The molecule has 0 fully saturated rings. The normalized spacial score (nSPS) is 9.17. The summed E-state index contributed by atoms with van der Waals surface area (Å²) < 4.78 is 0. The lowest BCUT2D eigenvalue weighted by Crippen LogP contribution is -2.22. The van der Waals surface area contributed by atoms with E-state index in [9.17, 15) is 0 Å². The van der Waals surface area contributed by atoms with Gasteiger partial charge < -0.3 is 22.9 Å². The second kappa shape index (κ2) is 10.4. The Hall–Kier alpha value is -2.44.